The molecule has 0 saturated heterocycles. The van der Waals surface area contributed by atoms with Crippen molar-refractivity contribution >= 4 is 31.8 Å². The molecule has 0 bridgehead atoms. The minimum absolute atomic E-state index is 0.138. The summed E-state index contributed by atoms with van der Waals surface area (Å²) in [6.45, 7) is -0.0117. The van der Waals surface area contributed by atoms with E-state index in [0.29, 0.717) is 16.7 Å². The van der Waals surface area contributed by atoms with Gasteiger partial charge in [0.05, 0.1) is 16.1 Å². The number of aliphatic hydroxyl groups excluding tert-OH is 4. The fourth-order valence-electron chi connectivity index (χ4n) is 4.30. The number of hydrogen-bond acceptors (Lipinski definition) is 11. The first-order valence-corrected chi connectivity index (χ1v) is 16.8. The fraction of sp³-hybridized carbons (Fsp3) is 0.353. The van der Waals surface area contributed by atoms with Gasteiger partial charge in [-0.1, -0.05) is 97.9 Å². The van der Waals surface area contributed by atoms with Crippen LogP contribution in [0.1, 0.15) is 30.0 Å². The molecular formula is C34H41NO11S. The van der Waals surface area contributed by atoms with E-state index in [4.69, 9.17) is 14.2 Å². The molecule has 1 amide bonds. The second kappa shape index (κ2) is 18.8. The molecule has 3 aromatic carbocycles. The quantitative estimate of drug-likeness (QED) is 0.0892. The highest BCUT2D eigenvalue weighted by molar-refractivity contribution is 8.64. The molecule has 3 aromatic rings. The molecule has 0 aromatic heterocycles. The Labute approximate surface area is 274 Å². The Morgan fingerprint density at radius 3 is 1.40 bits per heavy atom. The van der Waals surface area contributed by atoms with E-state index >= 15 is 0 Å². The average molecular weight is 672 g/mol. The van der Waals surface area contributed by atoms with Gasteiger partial charge in [0.2, 0.25) is 0 Å². The number of amides is 1. The summed E-state index contributed by atoms with van der Waals surface area (Å²) >= 11 is 0. The SMILES string of the molecule is C[C@H](CO)[C@@H](O)[C@H](O)[C@@H](O)C(=O)NCCCS(C(=O)OCc1ccccc1)(C(=O)OCc1ccccc1)C(=O)OCc1ccccc1. The maximum Gasteiger partial charge on any atom is 0.369 e. The van der Waals surface area contributed by atoms with E-state index < -0.39 is 68.4 Å². The van der Waals surface area contributed by atoms with Gasteiger partial charge in [-0.05, 0) is 23.1 Å². The van der Waals surface area contributed by atoms with Crippen molar-refractivity contribution in [3.05, 3.63) is 108 Å². The second-order valence-corrected chi connectivity index (χ2v) is 13.6. The van der Waals surface area contributed by atoms with Gasteiger partial charge in [0, 0.05) is 24.8 Å². The van der Waals surface area contributed by atoms with Crippen molar-refractivity contribution in [1.29, 1.82) is 0 Å². The number of ether oxygens (including phenoxy) is 3. The minimum Gasteiger partial charge on any atom is -0.453 e. The highest BCUT2D eigenvalue weighted by Gasteiger charge is 2.51. The van der Waals surface area contributed by atoms with Crippen LogP contribution in [0.15, 0.2) is 91.0 Å². The van der Waals surface area contributed by atoms with Gasteiger partial charge in [0.25, 0.3) is 5.91 Å². The zero-order valence-electron chi connectivity index (χ0n) is 26.0. The lowest BCUT2D eigenvalue weighted by molar-refractivity contribution is -0.143. The molecule has 0 heterocycles. The van der Waals surface area contributed by atoms with Crippen LogP contribution in [-0.2, 0) is 38.8 Å². The van der Waals surface area contributed by atoms with E-state index in [1.54, 1.807) is 91.0 Å². The predicted molar refractivity (Wildman–Crippen MR) is 174 cm³/mol. The van der Waals surface area contributed by atoms with E-state index in [9.17, 15) is 39.6 Å². The van der Waals surface area contributed by atoms with Gasteiger partial charge in [-0.3, -0.25) is 4.79 Å². The summed E-state index contributed by atoms with van der Waals surface area (Å²) in [7, 11) is -3.82. The summed E-state index contributed by atoms with van der Waals surface area (Å²) in [4.78, 5) is 54.1. The van der Waals surface area contributed by atoms with Crippen LogP contribution < -0.4 is 5.32 Å². The molecule has 13 heteroatoms. The molecular weight excluding hydrogens is 630 g/mol. The second-order valence-electron chi connectivity index (χ2n) is 10.7. The lowest BCUT2D eigenvalue weighted by Crippen LogP contribution is -2.49. The van der Waals surface area contributed by atoms with E-state index in [-0.39, 0.29) is 32.8 Å². The van der Waals surface area contributed by atoms with E-state index in [2.05, 4.69) is 5.32 Å². The zero-order chi connectivity index (χ0) is 34.2. The molecule has 12 nitrogen and oxygen atoms in total. The first-order valence-electron chi connectivity index (χ1n) is 15.0. The lowest BCUT2D eigenvalue weighted by Gasteiger charge is -2.32. The monoisotopic (exact) mass is 671 g/mol. The third kappa shape index (κ3) is 10.6. The van der Waals surface area contributed by atoms with Crippen molar-refractivity contribution in [3.8, 4) is 0 Å². The smallest absolute Gasteiger partial charge is 0.369 e. The Morgan fingerprint density at radius 2 is 1.04 bits per heavy atom. The molecule has 254 valence electrons. The number of carbonyl (C=O) groups is 4. The van der Waals surface area contributed by atoms with Crippen LogP contribution in [0.5, 0.6) is 0 Å². The molecule has 47 heavy (non-hydrogen) atoms. The summed E-state index contributed by atoms with van der Waals surface area (Å²) in [6, 6.07) is 26.0. The fourth-order valence-corrected chi connectivity index (χ4v) is 6.56. The van der Waals surface area contributed by atoms with Crippen LogP contribution in [0.3, 0.4) is 0 Å². The van der Waals surface area contributed by atoms with Gasteiger partial charge in [-0.15, -0.1) is 0 Å². The molecule has 4 atom stereocenters. The van der Waals surface area contributed by atoms with E-state index in [1.807, 2.05) is 0 Å². The largest absolute Gasteiger partial charge is 0.453 e. The van der Waals surface area contributed by atoms with Crippen LogP contribution in [-0.4, -0.2) is 79.5 Å². The van der Waals surface area contributed by atoms with Gasteiger partial charge in [0.1, 0.15) is 25.9 Å². The molecule has 0 fully saturated rings. The van der Waals surface area contributed by atoms with E-state index in [0.717, 1.165) is 0 Å². The Hall–Kier alpha value is -4.27. The van der Waals surface area contributed by atoms with Crippen LogP contribution in [0.2, 0.25) is 0 Å². The molecule has 0 aliphatic carbocycles. The molecule has 0 aliphatic heterocycles. The van der Waals surface area contributed by atoms with Crippen molar-refractivity contribution in [2.75, 3.05) is 18.9 Å². The molecule has 0 spiro atoms. The Morgan fingerprint density at radius 1 is 0.660 bits per heavy atom. The molecule has 0 unspecified atom stereocenters. The zero-order valence-corrected chi connectivity index (χ0v) is 26.8. The van der Waals surface area contributed by atoms with Crippen LogP contribution >= 0.6 is 10.0 Å². The lowest BCUT2D eigenvalue weighted by atomic mass is 9.96. The highest BCUT2D eigenvalue weighted by atomic mass is 32.3. The van der Waals surface area contributed by atoms with Gasteiger partial charge in [-0.25, -0.2) is 14.4 Å². The molecule has 0 saturated carbocycles. The Kier molecular flexibility index (Phi) is 14.9. The van der Waals surface area contributed by atoms with Crippen molar-refractivity contribution in [1.82, 2.24) is 5.32 Å². The number of nitrogens with one attached hydrogen (secondary N) is 1. The minimum atomic E-state index is -3.82. The highest BCUT2D eigenvalue weighted by Crippen LogP contribution is 2.54. The topological polar surface area (TPSA) is 189 Å². The number of carbonyl (C=O) groups excluding carboxylic acids is 4. The maximum absolute atomic E-state index is 13.8. The molecule has 0 aliphatic rings. The number of benzene rings is 3. The van der Waals surface area contributed by atoms with Crippen LogP contribution in [0, 0.1) is 5.92 Å². The maximum atomic E-state index is 13.8. The third-order valence-electron chi connectivity index (χ3n) is 7.19. The average Bonchev–Trinajstić information content (AvgIpc) is 3.11. The van der Waals surface area contributed by atoms with Gasteiger partial charge in [0.15, 0.2) is 6.10 Å². The van der Waals surface area contributed by atoms with Crippen LogP contribution in [0.4, 0.5) is 14.4 Å². The summed E-state index contributed by atoms with van der Waals surface area (Å²) in [5.41, 5.74) is 1.84. The Balaban J connectivity index is 1.83. The van der Waals surface area contributed by atoms with Crippen molar-refractivity contribution in [2.24, 2.45) is 5.92 Å². The number of rotatable bonds is 15. The first kappa shape index (κ1) is 37.2. The van der Waals surface area contributed by atoms with Crippen molar-refractivity contribution in [3.63, 3.8) is 0 Å². The van der Waals surface area contributed by atoms with Crippen LogP contribution in [0.25, 0.3) is 0 Å². The summed E-state index contributed by atoms with van der Waals surface area (Å²) in [6.07, 6.45) is -5.66. The van der Waals surface area contributed by atoms with Crippen molar-refractivity contribution < 1.29 is 53.8 Å². The molecule has 5 N–H and O–H groups in total. The summed E-state index contributed by atoms with van der Waals surface area (Å²) in [5, 5.41) is 38.7. The molecule has 3 rings (SSSR count). The molecule has 0 radical (unpaired) electrons. The standard InChI is InChI=1S/C34H41NO11S/c1-24(20-36)28(37)29(38)30(39)31(40)35-18-11-19-47(32(41)44-21-25-12-5-2-6-13-25,33(42)45-22-26-14-7-3-8-15-26)34(43)46-23-27-16-9-4-10-17-27/h2-10,12-17,24,28-30,36-39H,11,18-23H2,1H3,(H,35,40)/t24-,28-,29+,30-/m1/s1. The van der Waals surface area contributed by atoms with Gasteiger partial charge < -0.3 is 40.0 Å². The van der Waals surface area contributed by atoms with E-state index in [1.165, 1.54) is 6.92 Å². The third-order valence-corrected chi connectivity index (χ3v) is 10.2. The van der Waals surface area contributed by atoms with Crippen molar-refractivity contribution in [2.45, 2.75) is 51.5 Å². The first-order chi connectivity index (χ1) is 22.6. The predicted octanol–water partition coefficient (Wildman–Crippen LogP) is 4.02. The number of hydrogen-bond donors (Lipinski definition) is 5. The van der Waals surface area contributed by atoms with Gasteiger partial charge in [-0.2, -0.15) is 0 Å². The summed E-state index contributed by atoms with van der Waals surface area (Å²) < 4.78 is 16.6. The Bertz CT molecular complexity index is 1290. The summed E-state index contributed by atoms with van der Waals surface area (Å²) in [5.74, 6) is -2.29. The van der Waals surface area contributed by atoms with Gasteiger partial charge >= 0.3 is 15.9 Å². The normalized spacial score (nSPS) is 14.1. The number of aliphatic hydroxyl groups is 4.